The van der Waals surface area contributed by atoms with Crippen molar-refractivity contribution in [3.8, 4) is 5.75 Å². The summed E-state index contributed by atoms with van der Waals surface area (Å²) < 4.78 is 6.42. The Labute approximate surface area is 242 Å². The number of hydrogen-bond acceptors (Lipinski definition) is 8. The van der Waals surface area contributed by atoms with Gasteiger partial charge in [-0.3, -0.25) is 19.7 Å². The van der Waals surface area contributed by atoms with Gasteiger partial charge in [-0.15, -0.1) is 0 Å². The summed E-state index contributed by atoms with van der Waals surface area (Å²) in [5, 5.41) is 3.39. The lowest BCUT2D eigenvalue weighted by atomic mass is 10.1. The molecule has 0 aliphatic carbocycles. The monoisotopic (exact) mass is 579 g/mol. The Bertz CT molecular complexity index is 1410. The number of carbonyl (C=O) groups excluding carboxylic acids is 3. The maximum Gasteiger partial charge on any atom is 0.257 e. The lowest BCUT2D eigenvalue weighted by Gasteiger charge is -2.34. The van der Waals surface area contributed by atoms with E-state index in [0.717, 1.165) is 26.8 Å². The smallest absolute Gasteiger partial charge is 0.257 e. The summed E-state index contributed by atoms with van der Waals surface area (Å²) in [6.07, 6.45) is 3.01. The number of rotatable bonds is 9. The molecular weight excluding hydrogens is 546 g/mol. The zero-order valence-electron chi connectivity index (χ0n) is 23.1. The van der Waals surface area contributed by atoms with E-state index in [2.05, 4.69) is 16.9 Å². The number of benzene rings is 2. The number of amides is 3. The Balaban J connectivity index is 1.46. The van der Waals surface area contributed by atoms with Gasteiger partial charge < -0.3 is 19.4 Å². The average Bonchev–Trinajstić information content (AvgIpc) is 3.39. The summed E-state index contributed by atoms with van der Waals surface area (Å²) in [6, 6.07) is 11.2. The number of aryl methyl sites for hydroxylation is 1. The molecule has 1 fully saturated rings. The second kappa shape index (κ2) is 13.1. The van der Waals surface area contributed by atoms with Gasteiger partial charge in [-0.25, -0.2) is 4.98 Å². The van der Waals surface area contributed by atoms with E-state index < -0.39 is 0 Å². The molecule has 1 aliphatic heterocycles. The minimum atomic E-state index is -0.213. The zero-order chi connectivity index (χ0) is 28.8. The SMILES string of the molecule is C=CC(=O)N1CCN(C(=O)c2cc(Sc3cnc(NC(=O)c4cccc(CN(C)C)c4)s3)c(C)cc2OC)CC1. The standard InChI is InChI=1S/C29H33N5O4S2/c1-6-25(35)33-10-12-34(13-11-33)28(37)22-16-24(19(2)14-23(22)38-5)39-26-17-30-29(40-26)31-27(36)21-9-7-8-20(15-21)18-32(3)4/h6-9,14-17H,1,10-13,18H2,2-5H3,(H,30,31,36). The van der Waals surface area contributed by atoms with Crippen LogP contribution < -0.4 is 10.1 Å². The summed E-state index contributed by atoms with van der Waals surface area (Å²) in [7, 11) is 5.52. The molecule has 0 bridgehead atoms. The second-order valence-corrected chi connectivity index (χ2v) is 12.0. The Kier molecular flexibility index (Phi) is 9.62. The Morgan fingerprint density at radius 1 is 1.15 bits per heavy atom. The number of nitrogens with one attached hydrogen (secondary N) is 1. The highest BCUT2D eigenvalue weighted by molar-refractivity contribution is 8.01. The first-order valence-electron chi connectivity index (χ1n) is 12.8. The fraction of sp³-hybridized carbons (Fsp3) is 0.310. The van der Waals surface area contributed by atoms with Gasteiger partial charge in [-0.05, 0) is 62.5 Å². The van der Waals surface area contributed by atoms with Crippen LogP contribution in [0.25, 0.3) is 0 Å². The van der Waals surface area contributed by atoms with Crippen molar-refractivity contribution in [1.29, 1.82) is 0 Å². The largest absolute Gasteiger partial charge is 0.496 e. The van der Waals surface area contributed by atoms with Crippen molar-refractivity contribution in [2.75, 3.05) is 52.7 Å². The third-order valence-corrected chi connectivity index (χ3v) is 8.56. The van der Waals surface area contributed by atoms with Crippen LogP contribution in [0.2, 0.25) is 0 Å². The fourth-order valence-electron chi connectivity index (χ4n) is 4.35. The summed E-state index contributed by atoms with van der Waals surface area (Å²) >= 11 is 2.85. The molecule has 210 valence electrons. The molecule has 0 radical (unpaired) electrons. The molecule has 1 saturated heterocycles. The molecule has 2 aromatic carbocycles. The molecule has 4 rings (SSSR count). The number of hydrogen-bond donors (Lipinski definition) is 1. The number of carbonyl (C=O) groups is 3. The Morgan fingerprint density at radius 2 is 1.88 bits per heavy atom. The van der Waals surface area contributed by atoms with E-state index in [1.807, 2.05) is 56.3 Å². The lowest BCUT2D eigenvalue weighted by molar-refractivity contribution is -0.127. The van der Waals surface area contributed by atoms with E-state index in [-0.39, 0.29) is 17.7 Å². The number of methoxy groups -OCH3 is 1. The minimum Gasteiger partial charge on any atom is -0.496 e. The average molecular weight is 580 g/mol. The summed E-state index contributed by atoms with van der Waals surface area (Å²) in [6.45, 7) is 8.04. The molecule has 1 aliphatic rings. The Hall–Kier alpha value is -3.67. The first-order valence-corrected chi connectivity index (χ1v) is 14.4. The highest BCUT2D eigenvalue weighted by Gasteiger charge is 2.26. The van der Waals surface area contributed by atoms with Crippen LogP contribution in [0.15, 0.2) is 64.4 Å². The normalized spacial score (nSPS) is 13.3. The molecule has 0 saturated carbocycles. The molecule has 1 aromatic heterocycles. The highest BCUT2D eigenvalue weighted by Crippen LogP contribution is 2.38. The van der Waals surface area contributed by atoms with Crippen LogP contribution in [0.5, 0.6) is 5.75 Å². The van der Waals surface area contributed by atoms with Gasteiger partial charge in [0.25, 0.3) is 11.8 Å². The highest BCUT2D eigenvalue weighted by atomic mass is 32.2. The molecule has 40 heavy (non-hydrogen) atoms. The first kappa shape index (κ1) is 29.3. The van der Waals surface area contributed by atoms with Gasteiger partial charge >= 0.3 is 0 Å². The van der Waals surface area contributed by atoms with Gasteiger partial charge in [-0.1, -0.05) is 41.8 Å². The van der Waals surface area contributed by atoms with E-state index in [9.17, 15) is 14.4 Å². The van der Waals surface area contributed by atoms with Gasteiger partial charge in [-0.2, -0.15) is 0 Å². The summed E-state index contributed by atoms with van der Waals surface area (Å²) in [5.74, 6) is 0.0231. The Morgan fingerprint density at radius 3 is 2.55 bits per heavy atom. The fourth-order valence-corrected chi connectivity index (χ4v) is 6.29. The predicted molar refractivity (Wildman–Crippen MR) is 158 cm³/mol. The second-order valence-electron chi connectivity index (χ2n) is 9.62. The van der Waals surface area contributed by atoms with Crippen molar-refractivity contribution in [2.45, 2.75) is 22.6 Å². The molecule has 9 nitrogen and oxygen atoms in total. The third kappa shape index (κ3) is 7.09. The molecule has 3 amide bonds. The maximum absolute atomic E-state index is 13.4. The molecule has 0 unspecified atom stereocenters. The summed E-state index contributed by atoms with van der Waals surface area (Å²) in [4.78, 5) is 48.9. The van der Waals surface area contributed by atoms with Gasteiger partial charge in [0.1, 0.15) is 5.75 Å². The minimum absolute atomic E-state index is 0.128. The molecule has 0 atom stereocenters. The number of nitrogens with zero attached hydrogens (tertiary/aromatic N) is 4. The van der Waals surface area contributed by atoms with Crippen LogP contribution in [0, 0.1) is 6.92 Å². The molecule has 3 aromatic rings. The van der Waals surface area contributed by atoms with Crippen molar-refractivity contribution in [2.24, 2.45) is 0 Å². The van der Waals surface area contributed by atoms with Crippen LogP contribution in [0.3, 0.4) is 0 Å². The first-order chi connectivity index (χ1) is 19.2. The number of anilines is 1. The quantitative estimate of drug-likeness (QED) is 0.376. The molecule has 2 heterocycles. The van der Waals surface area contributed by atoms with Crippen molar-refractivity contribution in [3.05, 3.63) is 77.5 Å². The van der Waals surface area contributed by atoms with E-state index in [1.165, 1.54) is 29.2 Å². The van der Waals surface area contributed by atoms with Gasteiger partial charge in [0.2, 0.25) is 5.91 Å². The van der Waals surface area contributed by atoms with Crippen LogP contribution in [-0.2, 0) is 11.3 Å². The predicted octanol–water partition coefficient (Wildman–Crippen LogP) is 4.40. The van der Waals surface area contributed by atoms with Crippen molar-refractivity contribution in [1.82, 2.24) is 19.7 Å². The van der Waals surface area contributed by atoms with E-state index in [0.29, 0.717) is 48.2 Å². The van der Waals surface area contributed by atoms with Gasteiger partial charge in [0.05, 0.1) is 23.1 Å². The van der Waals surface area contributed by atoms with Crippen molar-refractivity contribution in [3.63, 3.8) is 0 Å². The number of thiazole rings is 1. The van der Waals surface area contributed by atoms with Crippen LogP contribution in [-0.4, -0.2) is 84.8 Å². The molecular formula is C29H33N5O4S2. The zero-order valence-corrected chi connectivity index (χ0v) is 24.7. The summed E-state index contributed by atoms with van der Waals surface area (Å²) in [5.41, 5.74) is 3.05. The molecule has 0 spiro atoms. The number of aromatic nitrogens is 1. The van der Waals surface area contributed by atoms with Crippen LogP contribution >= 0.6 is 23.1 Å². The van der Waals surface area contributed by atoms with E-state index in [1.54, 1.807) is 29.2 Å². The van der Waals surface area contributed by atoms with Crippen LogP contribution in [0.1, 0.15) is 31.8 Å². The van der Waals surface area contributed by atoms with E-state index in [4.69, 9.17) is 4.74 Å². The maximum atomic E-state index is 13.4. The van der Waals surface area contributed by atoms with Crippen molar-refractivity contribution >= 4 is 46.0 Å². The van der Waals surface area contributed by atoms with Crippen molar-refractivity contribution < 1.29 is 19.1 Å². The van der Waals surface area contributed by atoms with Crippen LogP contribution in [0.4, 0.5) is 5.13 Å². The van der Waals surface area contributed by atoms with Gasteiger partial charge in [0.15, 0.2) is 5.13 Å². The number of ether oxygens (including phenoxy) is 1. The number of piperazine rings is 1. The molecule has 1 N–H and O–H groups in total. The van der Waals surface area contributed by atoms with E-state index >= 15 is 0 Å². The van der Waals surface area contributed by atoms with Gasteiger partial charge in [0, 0.05) is 43.2 Å². The third-order valence-electron chi connectivity index (χ3n) is 6.38. The molecule has 11 heteroatoms. The lowest BCUT2D eigenvalue weighted by Crippen LogP contribution is -2.50. The topological polar surface area (TPSA) is 95.1 Å².